The zero-order valence-electron chi connectivity index (χ0n) is 9.58. The molecule has 2 fully saturated rings. The first kappa shape index (κ1) is 10.7. The second-order valence-corrected chi connectivity index (χ2v) is 4.73. The fraction of sp³-hybridized carbons (Fsp3) is 0.909. The largest absolute Gasteiger partial charge is 0.342 e. The average Bonchev–Trinajstić information content (AvgIpc) is 2.30. The van der Waals surface area contributed by atoms with Gasteiger partial charge in [-0.15, -0.1) is 0 Å². The van der Waals surface area contributed by atoms with Crippen molar-refractivity contribution in [2.45, 2.75) is 32.1 Å². The van der Waals surface area contributed by atoms with Crippen LogP contribution in [0.2, 0.25) is 0 Å². The van der Waals surface area contributed by atoms with Crippen molar-refractivity contribution in [2.75, 3.05) is 20.1 Å². The number of aliphatic imine (C=N–C) groups is 1. The van der Waals surface area contributed by atoms with E-state index in [1.807, 2.05) is 0 Å². The van der Waals surface area contributed by atoms with Crippen molar-refractivity contribution in [1.82, 2.24) is 10.3 Å². The summed E-state index contributed by atoms with van der Waals surface area (Å²) >= 11 is 0. The Hall–Kier alpha value is -0.770. The van der Waals surface area contributed by atoms with Gasteiger partial charge in [0.1, 0.15) is 0 Å². The van der Waals surface area contributed by atoms with Crippen LogP contribution in [0, 0.1) is 11.8 Å². The second-order valence-electron chi connectivity index (χ2n) is 4.73. The lowest BCUT2D eigenvalue weighted by Gasteiger charge is -2.42. The zero-order valence-corrected chi connectivity index (χ0v) is 9.58. The lowest BCUT2D eigenvalue weighted by molar-refractivity contribution is 0.127. The minimum atomic E-state index is 0.846. The van der Waals surface area contributed by atoms with Crippen LogP contribution in [0.3, 0.4) is 0 Å². The van der Waals surface area contributed by atoms with Crippen LogP contribution in [-0.2, 0) is 0 Å². The van der Waals surface area contributed by atoms with E-state index in [4.69, 9.17) is 5.84 Å². The SMILES string of the molecule is CN=C(NN)N1CCC2CCCCC2C1. The fourth-order valence-corrected chi connectivity index (χ4v) is 3.09. The first-order valence-electron chi connectivity index (χ1n) is 6.03. The molecule has 2 rings (SSSR count). The van der Waals surface area contributed by atoms with Gasteiger partial charge in [0.15, 0.2) is 0 Å². The monoisotopic (exact) mass is 210 g/mol. The summed E-state index contributed by atoms with van der Waals surface area (Å²) in [5.74, 6) is 8.14. The number of hydrogen-bond acceptors (Lipinski definition) is 2. The molecule has 1 aliphatic heterocycles. The van der Waals surface area contributed by atoms with Crippen molar-refractivity contribution in [1.29, 1.82) is 0 Å². The van der Waals surface area contributed by atoms with Gasteiger partial charge in [-0.2, -0.15) is 0 Å². The van der Waals surface area contributed by atoms with E-state index in [0.29, 0.717) is 0 Å². The summed E-state index contributed by atoms with van der Waals surface area (Å²) in [5.41, 5.74) is 2.69. The van der Waals surface area contributed by atoms with Gasteiger partial charge in [-0.25, -0.2) is 5.84 Å². The van der Waals surface area contributed by atoms with Crippen molar-refractivity contribution in [3.8, 4) is 0 Å². The van der Waals surface area contributed by atoms with Crippen molar-refractivity contribution < 1.29 is 0 Å². The molecular formula is C11H22N4. The standard InChI is InChI=1S/C11H22N4/c1-13-11(14-12)15-7-6-9-4-2-3-5-10(9)8-15/h9-10H,2-8,12H2,1H3,(H,13,14). The van der Waals surface area contributed by atoms with Gasteiger partial charge in [0.05, 0.1) is 0 Å². The van der Waals surface area contributed by atoms with Crippen molar-refractivity contribution >= 4 is 5.96 Å². The third-order valence-electron chi connectivity index (χ3n) is 3.93. The summed E-state index contributed by atoms with van der Waals surface area (Å²) in [6.45, 7) is 2.25. The molecule has 2 unspecified atom stereocenters. The van der Waals surface area contributed by atoms with E-state index < -0.39 is 0 Å². The van der Waals surface area contributed by atoms with E-state index in [9.17, 15) is 0 Å². The number of rotatable bonds is 0. The summed E-state index contributed by atoms with van der Waals surface area (Å²) in [6, 6.07) is 0. The molecule has 1 saturated heterocycles. The van der Waals surface area contributed by atoms with E-state index in [2.05, 4.69) is 15.3 Å². The maximum atomic E-state index is 5.46. The molecule has 0 aromatic heterocycles. The van der Waals surface area contributed by atoms with Gasteiger partial charge in [0, 0.05) is 20.1 Å². The highest BCUT2D eigenvalue weighted by molar-refractivity contribution is 5.79. The van der Waals surface area contributed by atoms with Crippen LogP contribution in [0.1, 0.15) is 32.1 Å². The molecule has 2 aliphatic rings. The number of hydrazine groups is 1. The molecule has 0 bridgehead atoms. The highest BCUT2D eigenvalue weighted by atomic mass is 15.4. The van der Waals surface area contributed by atoms with Gasteiger partial charge in [0.25, 0.3) is 0 Å². The minimum Gasteiger partial charge on any atom is -0.342 e. The quantitative estimate of drug-likeness (QED) is 0.271. The summed E-state index contributed by atoms with van der Waals surface area (Å²) in [5, 5.41) is 0. The molecule has 0 radical (unpaired) electrons. The fourth-order valence-electron chi connectivity index (χ4n) is 3.09. The Morgan fingerprint density at radius 3 is 2.67 bits per heavy atom. The van der Waals surface area contributed by atoms with Gasteiger partial charge in [-0.1, -0.05) is 19.3 Å². The molecule has 1 saturated carbocycles. The molecule has 86 valence electrons. The number of guanidine groups is 1. The normalized spacial score (nSPS) is 32.4. The van der Waals surface area contributed by atoms with E-state index in [1.165, 1.54) is 32.1 Å². The minimum absolute atomic E-state index is 0.846. The van der Waals surface area contributed by atoms with Gasteiger partial charge in [0.2, 0.25) is 5.96 Å². The van der Waals surface area contributed by atoms with Crippen LogP contribution in [0.4, 0.5) is 0 Å². The van der Waals surface area contributed by atoms with Gasteiger partial charge < -0.3 is 4.90 Å². The summed E-state index contributed by atoms with van der Waals surface area (Å²) in [4.78, 5) is 6.47. The van der Waals surface area contributed by atoms with Crippen molar-refractivity contribution in [2.24, 2.45) is 22.7 Å². The highest BCUT2D eigenvalue weighted by Gasteiger charge is 2.31. The Labute approximate surface area is 91.9 Å². The molecule has 1 heterocycles. The van der Waals surface area contributed by atoms with Crippen molar-refractivity contribution in [3.63, 3.8) is 0 Å². The lowest BCUT2D eigenvalue weighted by atomic mass is 9.75. The van der Waals surface area contributed by atoms with Gasteiger partial charge in [-0.3, -0.25) is 10.4 Å². The Morgan fingerprint density at radius 1 is 1.27 bits per heavy atom. The number of nitrogens with zero attached hydrogens (tertiary/aromatic N) is 2. The lowest BCUT2D eigenvalue weighted by Crippen LogP contribution is -2.51. The Balaban J connectivity index is 1.96. The molecule has 4 nitrogen and oxygen atoms in total. The first-order chi connectivity index (χ1) is 7.35. The Kier molecular flexibility index (Phi) is 3.46. The van der Waals surface area contributed by atoms with Crippen LogP contribution < -0.4 is 11.3 Å². The van der Waals surface area contributed by atoms with Gasteiger partial charge in [-0.05, 0) is 24.7 Å². The van der Waals surface area contributed by atoms with Crippen LogP contribution in [0.15, 0.2) is 4.99 Å². The molecular weight excluding hydrogens is 188 g/mol. The maximum Gasteiger partial charge on any atom is 0.208 e. The third kappa shape index (κ3) is 2.25. The molecule has 3 N–H and O–H groups in total. The van der Waals surface area contributed by atoms with E-state index in [-0.39, 0.29) is 0 Å². The van der Waals surface area contributed by atoms with Crippen LogP contribution in [0.25, 0.3) is 0 Å². The van der Waals surface area contributed by atoms with Gasteiger partial charge >= 0.3 is 0 Å². The van der Waals surface area contributed by atoms with Crippen molar-refractivity contribution in [3.05, 3.63) is 0 Å². The van der Waals surface area contributed by atoms with Crippen LogP contribution >= 0.6 is 0 Å². The zero-order chi connectivity index (χ0) is 10.7. The third-order valence-corrected chi connectivity index (χ3v) is 3.93. The number of likely N-dealkylation sites (tertiary alicyclic amines) is 1. The predicted octanol–water partition coefficient (Wildman–Crippen LogP) is 0.948. The molecule has 2 atom stereocenters. The average molecular weight is 210 g/mol. The second kappa shape index (κ2) is 4.84. The number of nitrogens with two attached hydrogens (primary N) is 1. The van der Waals surface area contributed by atoms with E-state index in [1.54, 1.807) is 7.05 Å². The van der Waals surface area contributed by atoms with E-state index >= 15 is 0 Å². The Bertz CT molecular complexity index is 239. The molecule has 4 heteroatoms. The molecule has 0 spiro atoms. The topological polar surface area (TPSA) is 53.6 Å². The molecule has 0 aromatic carbocycles. The molecule has 1 aliphatic carbocycles. The molecule has 0 amide bonds. The maximum absolute atomic E-state index is 5.46. The summed E-state index contributed by atoms with van der Waals surface area (Å²) in [6.07, 6.45) is 6.98. The smallest absolute Gasteiger partial charge is 0.208 e. The van der Waals surface area contributed by atoms with Crippen LogP contribution in [-0.4, -0.2) is 31.0 Å². The summed E-state index contributed by atoms with van der Waals surface area (Å²) in [7, 11) is 1.79. The summed E-state index contributed by atoms with van der Waals surface area (Å²) < 4.78 is 0. The predicted molar refractivity (Wildman–Crippen MR) is 62.3 cm³/mol. The first-order valence-corrected chi connectivity index (χ1v) is 6.03. The Morgan fingerprint density at radius 2 is 2.00 bits per heavy atom. The number of hydrogen-bond donors (Lipinski definition) is 2. The number of fused-ring (bicyclic) bond motifs is 1. The van der Waals surface area contributed by atoms with Crippen LogP contribution in [0.5, 0.6) is 0 Å². The van der Waals surface area contributed by atoms with E-state index in [0.717, 1.165) is 30.9 Å². The molecule has 15 heavy (non-hydrogen) atoms. The number of piperidine rings is 1. The number of nitrogens with one attached hydrogen (secondary N) is 1. The highest BCUT2D eigenvalue weighted by Crippen LogP contribution is 2.35. The molecule has 0 aromatic rings.